The van der Waals surface area contributed by atoms with Gasteiger partial charge in [-0.3, -0.25) is 4.90 Å². The van der Waals surface area contributed by atoms with Gasteiger partial charge in [0.05, 0.1) is 45.2 Å². The van der Waals surface area contributed by atoms with Crippen LogP contribution >= 0.6 is 0 Å². The second kappa shape index (κ2) is 16.2. The van der Waals surface area contributed by atoms with Crippen molar-refractivity contribution in [1.29, 1.82) is 0 Å². The predicted octanol–water partition coefficient (Wildman–Crippen LogP) is 7.70. The molecule has 0 spiro atoms. The molecular weight excluding hydrogens is 522 g/mol. The topological polar surface area (TPSA) is 40.2 Å². The molecule has 5 nitrogen and oxygen atoms in total. The normalized spacial score (nSPS) is 22.5. The van der Waals surface area contributed by atoms with Crippen LogP contribution in [0.1, 0.15) is 62.1 Å². The van der Waals surface area contributed by atoms with E-state index in [2.05, 4.69) is 109 Å². The lowest BCUT2D eigenvalue weighted by Crippen LogP contribution is -2.55. The van der Waals surface area contributed by atoms with Gasteiger partial charge in [-0.05, 0) is 48.8 Å². The Hall–Kier alpha value is -2.80. The number of nitrogens with zero attached hydrogens (tertiary/aromatic N) is 1. The van der Waals surface area contributed by atoms with Crippen LogP contribution in [0.15, 0.2) is 103 Å². The fourth-order valence-corrected chi connectivity index (χ4v) is 6.24. The number of benzene rings is 3. The molecule has 224 valence electrons. The van der Waals surface area contributed by atoms with E-state index in [-0.39, 0.29) is 17.9 Å². The first-order valence-electron chi connectivity index (χ1n) is 15.7. The Morgan fingerprint density at radius 3 is 2.05 bits per heavy atom. The highest BCUT2D eigenvalue weighted by Gasteiger charge is 2.38. The maximum atomic E-state index is 6.66. The molecule has 0 bridgehead atoms. The van der Waals surface area contributed by atoms with E-state index in [0.717, 1.165) is 45.1 Å². The van der Waals surface area contributed by atoms with Gasteiger partial charge in [-0.2, -0.15) is 0 Å². The number of piperidine rings is 1. The summed E-state index contributed by atoms with van der Waals surface area (Å²) in [6, 6.07) is 32.4. The quantitative estimate of drug-likeness (QED) is 0.175. The average molecular weight is 570 g/mol. The zero-order chi connectivity index (χ0) is 28.9. The van der Waals surface area contributed by atoms with Crippen LogP contribution in [0.5, 0.6) is 0 Å². The molecule has 2 aliphatic heterocycles. The van der Waals surface area contributed by atoms with Crippen molar-refractivity contribution in [2.75, 3.05) is 19.8 Å². The van der Waals surface area contributed by atoms with E-state index in [1.165, 1.54) is 16.7 Å². The van der Waals surface area contributed by atoms with Crippen LogP contribution in [0.2, 0.25) is 0 Å². The van der Waals surface area contributed by atoms with Gasteiger partial charge in [-0.15, -0.1) is 0 Å². The SMILES string of the molecule is CCC1(CC/C=C\C[C@H]2CC[C@H](OCc3ccccc3)[C@@H](COCc3ccccc3)N2Cc2ccccc2)OCCO1. The molecule has 2 fully saturated rings. The number of hydrogen-bond acceptors (Lipinski definition) is 5. The molecule has 0 aliphatic carbocycles. The predicted molar refractivity (Wildman–Crippen MR) is 168 cm³/mol. The molecule has 5 heteroatoms. The van der Waals surface area contributed by atoms with E-state index in [0.29, 0.717) is 39.1 Å². The third-order valence-electron chi connectivity index (χ3n) is 8.64. The molecule has 0 radical (unpaired) electrons. The third-order valence-corrected chi connectivity index (χ3v) is 8.64. The van der Waals surface area contributed by atoms with Crippen LogP contribution in [0.4, 0.5) is 0 Å². The Kier molecular flexibility index (Phi) is 11.8. The number of rotatable bonds is 15. The van der Waals surface area contributed by atoms with Crippen LogP contribution < -0.4 is 0 Å². The Morgan fingerprint density at radius 1 is 0.786 bits per heavy atom. The molecule has 3 aromatic carbocycles. The molecule has 0 amide bonds. The highest BCUT2D eigenvalue weighted by molar-refractivity contribution is 5.16. The lowest BCUT2D eigenvalue weighted by atomic mass is 9.90. The minimum atomic E-state index is -0.390. The Bertz CT molecular complexity index is 1180. The van der Waals surface area contributed by atoms with Crippen molar-refractivity contribution in [1.82, 2.24) is 4.90 Å². The summed E-state index contributed by atoms with van der Waals surface area (Å²) in [5.41, 5.74) is 3.73. The van der Waals surface area contributed by atoms with Crippen molar-refractivity contribution in [2.24, 2.45) is 0 Å². The zero-order valence-electron chi connectivity index (χ0n) is 25.1. The molecule has 3 aromatic rings. The van der Waals surface area contributed by atoms with Crippen molar-refractivity contribution in [2.45, 2.75) is 89.2 Å². The van der Waals surface area contributed by atoms with E-state index in [4.69, 9.17) is 18.9 Å². The summed E-state index contributed by atoms with van der Waals surface area (Å²) < 4.78 is 24.9. The number of hydrogen-bond donors (Lipinski definition) is 0. The minimum Gasteiger partial charge on any atom is -0.375 e. The van der Waals surface area contributed by atoms with Crippen molar-refractivity contribution in [3.63, 3.8) is 0 Å². The van der Waals surface area contributed by atoms with E-state index in [1.54, 1.807) is 0 Å². The smallest absolute Gasteiger partial charge is 0.168 e. The van der Waals surface area contributed by atoms with Crippen LogP contribution in [-0.2, 0) is 38.7 Å². The van der Waals surface area contributed by atoms with Gasteiger partial charge < -0.3 is 18.9 Å². The lowest BCUT2D eigenvalue weighted by molar-refractivity contribution is -0.162. The van der Waals surface area contributed by atoms with Gasteiger partial charge in [-0.25, -0.2) is 0 Å². The summed E-state index contributed by atoms with van der Waals surface area (Å²) in [6.07, 6.45) is 10.7. The monoisotopic (exact) mass is 569 g/mol. The first kappa shape index (κ1) is 30.7. The molecule has 42 heavy (non-hydrogen) atoms. The maximum Gasteiger partial charge on any atom is 0.168 e. The molecule has 0 N–H and O–H groups in total. The Balaban J connectivity index is 1.28. The van der Waals surface area contributed by atoms with Crippen LogP contribution in [0, 0.1) is 0 Å². The Labute approximate surface area is 252 Å². The summed E-state index contributed by atoms with van der Waals surface area (Å²) in [7, 11) is 0. The third kappa shape index (κ3) is 8.85. The summed E-state index contributed by atoms with van der Waals surface area (Å²) in [6.45, 7) is 6.29. The van der Waals surface area contributed by atoms with E-state index < -0.39 is 0 Å². The number of ether oxygens (including phenoxy) is 4. The molecule has 0 aromatic heterocycles. The van der Waals surface area contributed by atoms with E-state index >= 15 is 0 Å². The summed E-state index contributed by atoms with van der Waals surface area (Å²) in [4.78, 5) is 2.65. The van der Waals surface area contributed by atoms with Gasteiger partial charge in [-0.1, -0.05) is 110 Å². The number of likely N-dealkylation sites (tertiary alicyclic amines) is 1. The number of allylic oxidation sites excluding steroid dienone is 1. The highest BCUT2D eigenvalue weighted by Crippen LogP contribution is 2.32. The van der Waals surface area contributed by atoms with E-state index in [9.17, 15) is 0 Å². The van der Waals surface area contributed by atoms with Gasteiger partial charge in [0.15, 0.2) is 5.79 Å². The fourth-order valence-electron chi connectivity index (χ4n) is 6.24. The molecule has 0 saturated carbocycles. The van der Waals surface area contributed by atoms with Crippen molar-refractivity contribution >= 4 is 0 Å². The molecular formula is C37H47NO4. The second-order valence-electron chi connectivity index (χ2n) is 11.5. The molecule has 2 saturated heterocycles. The molecule has 2 heterocycles. The summed E-state index contributed by atoms with van der Waals surface area (Å²) >= 11 is 0. The van der Waals surface area contributed by atoms with Crippen LogP contribution in [0.25, 0.3) is 0 Å². The van der Waals surface area contributed by atoms with Crippen LogP contribution in [0.3, 0.4) is 0 Å². The molecule has 3 atom stereocenters. The molecule has 0 unspecified atom stereocenters. The van der Waals surface area contributed by atoms with Crippen molar-refractivity contribution in [3.8, 4) is 0 Å². The average Bonchev–Trinajstić information content (AvgIpc) is 3.52. The first-order valence-corrected chi connectivity index (χ1v) is 15.7. The van der Waals surface area contributed by atoms with E-state index in [1.807, 2.05) is 6.07 Å². The van der Waals surface area contributed by atoms with Gasteiger partial charge in [0.1, 0.15) is 0 Å². The van der Waals surface area contributed by atoms with Crippen molar-refractivity contribution < 1.29 is 18.9 Å². The van der Waals surface area contributed by atoms with Gasteiger partial charge in [0.2, 0.25) is 0 Å². The lowest BCUT2D eigenvalue weighted by Gasteiger charge is -2.46. The van der Waals surface area contributed by atoms with Gasteiger partial charge >= 0.3 is 0 Å². The maximum absolute atomic E-state index is 6.66. The van der Waals surface area contributed by atoms with Crippen molar-refractivity contribution in [3.05, 3.63) is 120 Å². The minimum absolute atomic E-state index is 0.103. The summed E-state index contributed by atoms with van der Waals surface area (Å²) in [5.74, 6) is -0.390. The highest BCUT2D eigenvalue weighted by atomic mass is 16.7. The Morgan fingerprint density at radius 2 is 1.40 bits per heavy atom. The zero-order valence-corrected chi connectivity index (χ0v) is 25.1. The molecule has 5 rings (SSSR count). The second-order valence-corrected chi connectivity index (χ2v) is 11.5. The summed E-state index contributed by atoms with van der Waals surface area (Å²) in [5, 5.41) is 0. The first-order chi connectivity index (χ1) is 20.7. The molecule has 2 aliphatic rings. The van der Waals surface area contributed by atoms with Gasteiger partial charge in [0, 0.05) is 19.0 Å². The largest absolute Gasteiger partial charge is 0.375 e. The van der Waals surface area contributed by atoms with Gasteiger partial charge in [0.25, 0.3) is 0 Å². The fraction of sp³-hybridized carbons (Fsp3) is 0.459. The standard InChI is InChI=1S/C37H47NO4/c1-2-37(41-25-26-42-37)24-14-6-13-21-34-22-23-36(40-29-33-19-11-5-12-20-33)35(30-39-28-32-17-9-4-10-18-32)38(34)27-31-15-7-3-8-16-31/h3-13,15-20,34-36H,2,14,21-30H2,1H3/b13-6-/t34-,35+,36-/m0/s1. The van der Waals surface area contributed by atoms with Crippen LogP contribution in [-0.4, -0.2) is 48.7 Å².